The van der Waals surface area contributed by atoms with Crippen LogP contribution in [0.1, 0.15) is 33.1 Å². The maximum atomic E-state index is 14.7. The number of benzene rings is 1. The second kappa shape index (κ2) is 8.28. The van der Waals surface area contributed by atoms with E-state index < -0.39 is 29.6 Å². The number of carbonyl (C=O) groups is 1. The molecule has 6 nitrogen and oxygen atoms in total. The SMILES string of the molecule is Cc1c2c(cn1COCC[Si](C)(C)C)C(c1cc(S(C)(=O)=O)ccc1F)CNC2=O. The van der Waals surface area contributed by atoms with E-state index in [0.717, 1.165) is 18.0 Å². The molecular weight excluding hydrogens is 423 g/mol. The number of rotatable bonds is 7. The zero-order chi connectivity index (χ0) is 22.3. The third-order valence-electron chi connectivity index (χ3n) is 5.44. The Kier molecular flexibility index (Phi) is 6.27. The van der Waals surface area contributed by atoms with Crippen molar-refractivity contribution in [2.45, 2.75) is 50.2 Å². The lowest BCUT2D eigenvalue weighted by Crippen LogP contribution is -2.35. The lowest BCUT2D eigenvalue weighted by molar-refractivity contribution is 0.0857. The number of carbonyl (C=O) groups excluding carboxylic acids is 1. The van der Waals surface area contributed by atoms with Crippen molar-refractivity contribution in [1.82, 2.24) is 9.88 Å². The molecule has 1 aromatic heterocycles. The van der Waals surface area contributed by atoms with E-state index in [-0.39, 0.29) is 22.9 Å². The van der Waals surface area contributed by atoms with E-state index in [1.807, 2.05) is 17.7 Å². The molecule has 2 aromatic rings. The number of halogens is 1. The Labute approximate surface area is 178 Å². The number of nitrogens with zero attached hydrogens (tertiary/aromatic N) is 1. The van der Waals surface area contributed by atoms with Crippen LogP contribution in [0.5, 0.6) is 0 Å². The Morgan fingerprint density at radius 3 is 2.60 bits per heavy atom. The van der Waals surface area contributed by atoms with Crippen molar-refractivity contribution in [2.24, 2.45) is 0 Å². The molecule has 0 saturated carbocycles. The van der Waals surface area contributed by atoms with E-state index >= 15 is 0 Å². The highest BCUT2D eigenvalue weighted by atomic mass is 32.2. The van der Waals surface area contributed by atoms with Gasteiger partial charge in [0.15, 0.2) is 9.84 Å². The number of nitrogens with one attached hydrogen (secondary N) is 1. The van der Waals surface area contributed by atoms with Crippen LogP contribution in [-0.4, -0.2) is 46.4 Å². The molecule has 0 aliphatic carbocycles. The second-order valence-corrected chi connectivity index (χ2v) is 16.7. The predicted octanol–water partition coefficient (Wildman–Crippen LogP) is 3.53. The highest BCUT2D eigenvalue weighted by Crippen LogP contribution is 2.35. The minimum Gasteiger partial charge on any atom is -0.361 e. The van der Waals surface area contributed by atoms with Crippen LogP contribution in [0, 0.1) is 12.7 Å². The summed E-state index contributed by atoms with van der Waals surface area (Å²) in [5.41, 5.74) is 2.20. The van der Waals surface area contributed by atoms with Gasteiger partial charge in [0.05, 0.1) is 10.5 Å². The summed E-state index contributed by atoms with van der Waals surface area (Å²) in [6.45, 7) is 9.86. The lowest BCUT2D eigenvalue weighted by Gasteiger charge is -2.24. The fourth-order valence-corrected chi connectivity index (χ4v) is 5.02. The fourth-order valence-electron chi connectivity index (χ4n) is 3.61. The minimum absolute atomic E-state index is 0.0585. The van der Waals surface area contributed by atoms with Crippen molar-refractivity contribution in [3.05, 3.63) is 52.6 Å². The number of hydrogen-bond donors (Lipinski definition) is 1. The Hall–Kier alpha value is -1.97. The molecule has 0 saturated heterocycles. The molecule has 1 amide bonds. The van der Waals surface area contributed by atoms with Crippen LogP contribution >= 0.6 is 0 Å². The largest absolute Gasteiger partial charge is 0.361 e. The third-order valence-corrected chi connectivity index (χ3v) is 8.26. The molecule has 0 spiro atoms. The molecule has 1 aromatic carbocycles. The quantitative estimate of drug-likeness (QED) is 0.396. The first-order valence-electron chi connectivity index (χ1n) is 9.93. The van der Waals surface area contributed by atoms with Crippen LogP contribution in [0.25, 0.3) is 0 Å². The smallest absolute Gasteiger partial charge is 0.253 e. The predicted molar refractivity (Wildman–Crippen MR) is 117 cm³/mol. The Bertz CT molecular complexity index is 1070. The maximum Gasteiger partial charge on any atom is 0.253 e. The fraction of sp³-hybridized carbons (Fsp3) is 0.476. The summed E-state index contributed by atoms with van der Waals surface area (Å²) >= 11 is 0. The zero-order valence-corrected chi connectivity index (χ0v) is 19.9. The number of ether oxygens (including phenoxy) is 1. The van der Waals surface area contributed by atoms with Gasteiger partial charge in [-0.1, -0.05) is 19.6 Å². The van der Waals surface area contributed by atoms with Gasteiger partial charge in [0.2, 0.25) is 0 Å². The van der Waals surface area contributed by atoms with Crippen LogP contribution < -0.4 is 5.32 Å². The van der Waals surface area contributed by atoms with Crippen LogP contribution in [0.2, 0.25) is 25.7 Å². The number of hydrogen-bond acceptors (Lipinski definition) is 4. The van der Waals surface area contributed by atoms with Gasteiger partial charge in [-0.05, 0) is 42.3 Å². The number of fused-ring (bicyclic) bond motifs is 1. The van der Waals surface area contributed by atoms with Crippen LogP contribution in [0.15, 0.2) is 29.3 Å². The van der Waals surface area contributed by atoms with Crippen molar-refractivity contribution in [3.63, 3.8) is 0 Å². The molecule has 3 rings (SSSR count). The van der Waals surface area contributed by atoms with Crippen molar-refractivity contribution in [2.75, 3.05) is 19.4 Å². The van der Waals surface area contributed by atoms with E-state index in [0.29, 0.717) is 24.5 Å². The van der Waals surface area contributed by atoms with Crippen molar-refractivity contribution in [3.8, 4) is 0 Å². The molecule has 1 unspecified atom stereocenters. The summed E-state index contributed by atoms with van der Waals surface area (Å²) in [6, 6.07) is 4.85. The monoisotopic (exact) mass is 452 g/mol. The molecule has 0 fully saturated rings. The summed E-state index contributed by atoms with van der Waals surface area (Å²) in [6.07, 6.45) is 2.92. The molecule has 1 N–H and O–H groups in total. The Morgan fingerprint density at radius 1 is 1.27 bits per heavy atom. The Morgan fingerprint density at radius 2 is 1.97 bits per heavy atom. The summed E-state index contributed by atoms with van der Waals surface area (Å²) in [4.78, 5) is 12.6. The van der Waals surface area contributed by atoms with Gasteiger partial charge >= 0.3 is 0 Å². The lowest BCUT2D eigenvalue weighted by atomic mass is 9.87. The molecular formula is C21H29FN2O4SSi. The average Bonchev–Trinajstić information content (AvgIpc) is 2.96. The first-order chi connectivity index (χ1) is 13.9. The molecule has 0 bridgehead atoms. The molecule has 1 aliphatic rings. The summed E-state index contributed by atoms with van der Waals surface area (Å²) < 4.78 is 46.2. The van der Waals surface area contributed by atoms with Gasteiger partial charge in [-0.25, -0.2) is 12.8 Å². The van der Waals surface area contributed by atoms with Gasteiger partial charge in [-0.3, -0.25) is 4.79 Å². The summed E-state index contributed by atoms with van der Waals surface area (Å²) in [5, 5.41) is 2.81. The van der Waals surface area contributed by atoms with Gasteiger partial charge in [0.1, 0.15) is 12.5 Å². The highest BCUT2D eigenvalue weighted by molar-refractivity contribution is 7.90. The first kappa shape index (κ1) is 22.7. The van der Waals surface area contributed by atoms with Crippen LogP contribution in [0.4, 0.5) is 4.39 Å². The van der Waals surface area contributed by atoms with E-state index in [1.54, 1.807) is 0 Å². The number of aromatic nitrogens is 1. The topological polar surface area (TPSA) is 77.4 Å². The van der Waals surface area contributed by atoms with Gasteiger partial charge in [-0.2, -0.15) is 0 Å². The molecule has 30 heavy (non-hydrogen) atoms. The average molecular weight is 453 g/mol. The maximum absolute atomic E-state index is 14.7. The standard InChI is InChI=1S/C21H29FN2O4SSi/c1-14-20-18(12-24(14)13-28-8-9-30(3,4)5)17(11-23-21(20)25)16-10-15(29(2,26)27)6-7-19(16)22/h6-7,10,12,17H,8-9,11,13H2,1-5H3,(H,23,25). The normalized spacial score (nSPS) is 17.0. The van der Waals surface area contributed by atoms with Crippen molar-refractivity contribution >= 4 is 23.8 Å². The summed E-state index contributed by atoms with van der Waals surface area (Å²) in [5.74, 6) is -1.17. The van der Waals surface area contributed by atoms with Gasteiger partial charge in [0, 0.05) is 45.3 Å². The third kappa shape index (κ3) is 4.84. The number of amides is 1. The molecule has 1 atom stereocenters. The molecule has 9 heteroatoms. The van der Waals surface area contributed by atoms with E-state index in [4.69, 9.17) is 4.74 Å². The van der Waals surface area contributed by atoms with Crippen molar-refractivity contribution in [1.29, 1.82) is 0 Å². The van der Waals surface area contributed by atoms with Crippen LogP contribution in [-0.2, 0) is 21.3 Å². The molecule has 1 aliphatic heterocycles. The van der Waals surface area contributed by atoms with E-state index in [9.17, 15) is 17.6 Å². The van der Waals surface area contributed by atoms with Crippen molar-refractivity contribution < 1.29 is 22.3 Å². The first-order valence-corrected chi connectivity index (χ1v) is 15.5. The highest BCUT2D eigenvalue weighted by Gasteiger charge is 2.32. The van der Waals surface area contributed by atoms with Crippen LogP contribution in [0.3, 0.4) is 0 Å². The van der Waals surface area contributed by atoms with Gasteiger partial charge in [0.25, 0.3) is 5.91 Å². The van der Waals surface area contributed by atoms with E-state index in [1.165, 1.54) is 18.2 Å². The minimum atomic E-state index is -3.47. The number of sulfone groups is 1. The molecule has 0 radical (unpaired) electrons. The zero-order valence-electron chi connectivity index (χ0n) is 18.1. The summed E-state index contributed by atoms with van der Waals surface area (Å²) in [7, 11) is -4.68. The van der Waals surface area contributed by atoms with Gasteiger partial charge < -0.3 is 14.6 Å². The van der Waals surface area contributed by atoms with E-state index in [2.05, 4.69) is 25.0 Å². The second-order valence-electron chi connectivity index (χ2n) is 9.08. The molecule has 2 heterocycles. The molecule has 164 valence electrons. The Balaban J connectivity index is 1.94. The van der Waals surface area contributed by atoms with Gasteiger partial charge in [-0.15, -0.1) is 0 Å².